The molecule has 0 saturated heterocycles. The van der Waals surface area contributed by atoms with Crippen molar-refractivity contribution in [3.8, 4) is 0 Å². The van der Waals surface area contributed by atoms with Gasteiger partial charge in [0.1, 0.15) is 10.2 Å². The third-order valence-electron chi connectivity index (χ3n) is 2.92. The molecule has 9 nitrogen and oxygen atoms in total. The van der Waals surface area contributed by atoms with Gasteiger partial charge in [0.05, 0.1) is 11.6 Å². The molecular formula is C11H12BrClN6O3. The highest BCUT2D eigenvalue weighted by molar-refractivity contribution is 9.10. The molecule has 2 aromatic heterocycles. The molecule has 0 aliphatic carbocycles. The van der Waals surface area contributed by atoms with E-state index in [2.05, 4.69) is 31.2 Å². The van der Waals surface area contributed by atoms with Crippen molar-refractivity contribution in [1.29, 1.82) is 0 Å². The van der Waals surface area contributed by atoms with Crippen molar-refractivity contribution in [2.75, 3.05) is 7.05 Å². The summed E-state index contributed by atoms with van der Waals surface area (Å²) in [5.74, 6) is -0.858. The van der Waals surface area contributed by atoms with Gasteiger partial charge in [-0.15, -0.1) is 5.10 Å². The predicted molar refractivity (Wildman–Crippen MR) is 81.7 cm³/mol. The number of aromatic amines is 1. The molecule has 0 saturated carbocycles. The number of amides is 1. The summed E-state index contributed by atoms with van der Waals surface area (Å²) in [4.78, 5) is 23.7. The number of H-pyrrole nitrogens is 1. The first kappa shape index (κ1) is 16.4. The van der Waals surface area contributed by atoms with E-state index in [0.29, 0.717) is 17.3 Å². The summed E-state index contributed by atoms with van der Waals surface area (Å²) in [6, 6.07) is 0. The van der Waals surface area contributed by atoms with Gasteiger partial charge in [-0.25, -0.2) is 0 Å². The van der Waals surface area contributed by atoms with Gasteiger partial charge >= 0.3 is 5.82 Å². The summed E-state index contributed by atoms with van der Waals surface area (Å²) in [7, 11) is 1.54. The molecule has 22 heavy (non-hydrogen) atoms. The minimum absolute atomic E-state index is 0.0135. The molecule has 0 fully saturated rings. The van der Waals surface area contributed by atoms with E-state index in [-0.39, 0.29) is 22.5 Å². The Balaban J connectivity index is 2.18. The second-order valence-electron chi connectivity index (χ2n) is 4.43. The maximum absolute atomic E-state index is 12.3. The fraction of sp³-hybridized carbons (Fsp3) is 0.364. The molecule has 0 aromatic carbocycles. The fourth-order valence-corrected chi connectivity index (χ4v) is 2.47. The Morgan fingerprint density at radius 3 is 2.82 bits per heavy atom. The van der Waals surface area contributed by atoms with E-state index < -0.39 is 10.8 Å². The lowest BCUT2D eigenvalue weighted by molar-refractivity contribution is -0.390. The van der Waals surface area contributed by atoms with Crippen molar-refractivity contribution >= 4 is 39.3 Å². The van der Waals surface area contributed by atoms with E-state index >= 15 is 0 Å². The van der Waals surface area contributed by atoms with Crippen LogP contribution in [0.25, 0.3) is 0 Å². The van der Waals surface area contributed by atoms with Crippen LogP contribution >= 0.6 is 27.5 Å². The Hall–Kier alpha value is -1.94. The van der Waals surface area contributed by atoms with E-state index in [4.69, 9.17) is 11.6 Å². The minimum atomic E-state index is -0.659. The van der Waals surface area contributed by atoms with Crippen LogP contribution in [0.1, 0.15) is 23.1 Å². The van der Waals surface area contributed by atoms with Crippen LogP contribution in [0, 0.1) is 10.1 Å². The van der Waals surface area contributed by atoms with Gasteiger partial charge in [-0.1, -0.05) is 16.7 Å². The molecule has 0 radical (unpaired) electrons. The van der Waals surface area contributed by atoms with Gasteiger partial charge < -0.3 is 15.0 Å². The SMILES string of the molecule is CCn1cc(Cl)c(CN(C)C(=O)c2n[nH]c([N+](=O)[O-])c2Br)n1. The van der Waals surface area contributed by atoms with Crippen LogP contribution in [0.4, 0.5) is 5.82 Å². The number of carbonyl (C=O) groups excluding carboxylic acids is 1. The molecule has 1 amide bonds. The van der Waals surface area contributed by atoms with E-state index in [0.717, 1.165) is 0 Å². The van der Waals surface area contributed by atoms with Gasteiger partial charge in [-0.2, -0.15) is 5.10 Å². The Morgan fingerprint density at radius 2 is 2.32 bits per heavy atom. The molecule has 0 aliphatic heterocycles. The monoisotopic (exact) mass is 390 g/mol. The highest BCUT2D eigenvalue weighted by atomic mass is 79.9. The van der Waals surface area contributed by atoms with Gasteiger partial charge in [0.25, 0.3) is 5.91 Å². The van der Waals surface area contributed by atoms with Crippen LogP contribution in [0.5, 0.6) is 0 Å². The van der Waals surface area contributed by atoms with Crippen LogP contribution in [-0.2, 0) is 13.1 Å². The summed E-state index contributed by atoms with van der Waals surface area (Å²) in [6.07, 6.45) is 1.67. The lowest BCUT2D eigenvalue weighted by Crippen LogP contribution is -2.27. The standard InChI is InChI=1S/C11H12BrClN6O3/c1-3-18-4-6(13)7(16-18)5-17(2)11(20)9-8(12)10(15-14-9)19(21)22/h4H,3,5H2,1-2H3,(H,14,15). The first-order valence-electron chi connectivity index (χ1n) is 6.20. The number of nitro groups is 1. The normalized spacial score (nSPS) is 10.7. The third kappa shape index (κ3) is 3.12. The van der Waals surface area contributed by atoms with E-state index in [1.165, 1.54) is 11.9 Å². The van der Waals surface area contributed by atoms with Crippen molar-refractivity contribution in [1.82, 2.24) is 24.9 Å². The van der Waals surface area contributed by atoms with Crippen molar-refractivity contribution in [2.24, 2.45) is 0 Å². The Labute approximate surface area is 138 Å². The zero-order valence-electron chi connectivity index (χ0n) is 11.7. The minimum Gasteiger partial charge on any atom is -0.358 e. The van der Waals surface area contributed by atoms with E-state index in [9.17, 15) is 14.9 Å². The number of hydrogen-bond acceptors (Lipinski definition) is 5. The molecule has 11 heteroatoms. The number of aryl methyl sites for hydroxylation is 1. The predicted octanol–water partition coefficient (Wildman–Crippen LogP) is 2.22. The molecule has 0 spiro atoms. The molecule has 1 N–H and O–H groups in total. The maximum atomic E-state index is 12.3. The van der Waals surface area contributed by atoms with Gasteiger partial charge in [0, 0.05) is 19.8 Å². The quantitative estimate of drug-likeness (QED) is 0.621. The van der Waals surface area contributed by atoms with Crippen molar-refractivity contribution in [2.45, 2.75) is 20.0 Å². The number of nitrogens with zero attached hydrogens (tertiary/aromatic N) is 5. The third-order valence-corrected chi connectivity index (χ3v) is 3.99. The van der Waals surface area contributed by atoms with Gasteiger partial charge in [-0.05, 0) is 27.8 Å². The lowest BCUT2D eigenvalue weighted by atomic mass is 10.3. The topological polar surface area (TPSA) is 110 Å². The number of halogens is 2. The molecule has 0 atom stereocenters. The lowest BCUT2D eigenvalue weighted by Gasteiger charge is -2.14. The van der Waals surface area contributed by atoms with Crippen molar-refractivity contribution in [3.63, 3.8) is 0 Å². The summed E-state index contributed by atoms with van der Waals surface area (Å²) < 4.78 is 1.67. The molecule has 2 heterocycles. The highest BCUT2D eigenvalue weighted by Gasteiger charge is 2.27. The smallest absolute Gasteiger partial charge is 0.357 e. The second kappa shape index (κ2) is 6.44. The van der Waals surface area contributed by atoms with Crippen LogP contribution in [0.2, 0.25) is 5.02 Å². The fourth-order valence-electron chi connectivity index (χ4n) is 1.77. The number of rotatable bonds is 5. The zero-order chi connectivity index (χ0) is 16.4. The largest absolute Gasteiger partial charge is 0.358 e. The maximum Gasteiger partial charge on any atom is 0.357 e. The molecule has 2 aromatic rings. The number of nitrogens with one attached hydrogen (secondary N) is 1. The van der Waals surface area contributed by atoms with Crippen LogP contribution in [-0.4, -0.2) is 42.8 Å². The Bertz CT molecular complexity index is 727. The first-order chi connectivity index (χ1) is 10.3. The van der Waals surface area contributed by atoms with Crippen LogP contribution in [0.3, 0.4) is 0 Å². The highest BCUT2D eigenvalue weighted by Crippen LogP contribution is 2.26. The average molecular weight is 392 g/mol. The van der Waals surface area contributed by atoms with E-state index in [1.807, 2.05) is 6.92 Å². The second-order valence-corrected chi connectivity index (χ2v) is 5.63. The van der Waals surface area contributed by atoms with Gasteiger partial charge in [0.2, 0.25) is 0 Å². The summed E-state index contributed by atoms with van der Waals surface area (Å²) in [5, 5.41) is 21.3. The van der Waals surface area contributed by atoms with Gasteiger partial charge in [-0.3, -0.25) is 9.48 Å². The first-order valence-corrected chi connectivity index (χ1v) is 7.37. The summed E-state index contributed by atoms with van der Waals surface area (Å²) in [5.41, 5.74) is 0.473. The summed E-state index contributed by atoms with van der Waals surface area (Å²) >= 11 is 9.06. The van der Waals surface area contributed by atoms with Crippen LogP contribution < -0.4 is 0 Å². The van der Waals surface area contributed by atoms with Crippen molar-refractivity contribution < 1.29 is 9.72 Å². The van der Waals surface area contributed by atoms with Crippen molar-refractivity contribution in [3.05, 3.63) is 37.2 Å². The Kier molecular flexibility index (Phi) is 4.81. The van der Waals surface area contributed by atoms with E-state index in [1.54, 1.807) is 10.9 Å². The van der Waals surface area contributed by atoms with Gasteiger partial charge in [0.15, 0.2) is 5.69 Å². The molecule has 0 aliphatic rings. The molecule has 118 valence electrons. The number of aromatic nitrogens is 4. The molecule has 0 unspecified atom stereocenters. The van der Waals surface area contributed by atoms with Crippen LogP contribution in [0.15, 0.2) is 10.7 Å². The molecule has 2 rings (SSSR count). The molecular weight excluding hydrogens is 380 g/mol. The number of hydrogen-bond donors (Lipinski definition) is 1. The number of carbonyl (C=O) groups is 1. The zero-order valence-corrected chi connectivity index (χ0v) is 14.1. The average Bonchev–Trinajstić information content (AvgIpc) is 3.01. The summed E-state index contributed by atoms with van der Waals surface area (Å²) in [6.45, 7) is 2.74. The molecule has 0 bridgehead atoms. The Morgan fingerprint density at radius 1 is 1.64 bits per heavy atom.